The standard InChI is InChI=1S/C19H19Cl2N5S/c20-15-7-5-14(6-8-15)18-22-19(27)26(23-18)13-24-9-11-25(12-10-24)17-4-2-1-3-16(17)21/h1-8H,9-13H2,(H,22,23,27). The first-order chi connectivity index (χ1) is 13.1. The molecule has 8 heteroatoms. The van der Waals surface area contributed by atoms with E-state index < -0.39 is 0 Å². The molecule has 0 amide bonds. The van der Waals surface area contributed by atoms with Gasteiger partial charge in [-0.3, -0.25) is 10.00 Å². The number of piperazine rings is 1. The number of rotatable bonds is 4. The average molecular weight is 420 g/mol. The smallest absolute Gasteiger partial charge is 0.217 e. The molecule has 3 aromatic rings. The lowest BCUT2D eigenvalue weighted by Crippen LogP contribution is -2.47. The molecule has 140 valence electrons. The number of anilines is 1. The second-order valence-electron chi connectivity index (χ2n) is 6.49. The van der Waals surface area contributed by atoms with Crippen LogP contribution in [0.1, 0.15) is 0 Å². The largest absolute Gasteiger partial charge is 0.368 e. The first kappa shape index (κ1) is 18.5. The maximum Gasteiger partial charge on any atom is 0.217 e. The van der Waals surface area contributed by atoms with Gasteiger partial charge in [-0.05, 0) is 48.6 Å². The lowest BCUT2D eigenvalue weighted by molar-refractivity contribution is 0.194. The van der Waals surface area contributed by atoms with E-state index >= 15 is 0 Å². The molecule has 5 nitrogen and oxygen atoms in total. The summed E-state index contributed by atoms with van der Waals surface area (Å²) in [7, 11) is 0. The fraction of sp³-hybridized carbons (Fsp3) is 0.263. The fourth-order valence-electron chi connectivity index (χ4n) is 3.23. The number of benzene rings is 2. The van der Waals surface area contributed by atoms with Crippen molar-refractivity contribution in [3.05, 3.63) is 63.3 Å². The lowest BCUT2D eigenvalue weighted by Gasteiger charge is -2.36. The van der Waals surface area contributed by atoms with Gasteiger partial charge in [0.05, 0.1) is 17.4 Å². The van der Waals surface area contributed by atoms with Crippen LogP contribution in [-0.2, 0) is 6.67 Å². The molecule has 1 saturated heterocycles. The zero-order valence-corrected chi connectivity index (χ0v) is 16.9. The van der Waals surface area contributed by atoms with Crippen LogP contribution in [0.4, 0.5) is 5.69 Å². The molecule has 1 N–H and O–H groups in total. The third kappa shape index (κ3) is 4.19. The topological polar surface area (TPSA) is 40.1 Å². The van der Waals surface area contributed by atoms with Gasteiger partial charge in [0.1, 0.15) is 0 Å². The molecular weight excluding hydrogens is 401 g/mol. The Hall–Kier alpha value is -1.86. The fourth-order valence-corrected chi connectivity index (χ4v) is 3.80. The van der Waals surface area contributed by atoms with Gasteiger partial charge in [-0.15, -0.1) is 0 Å². The van der Waals surface area contributed by atoms with Crippen molar-refractivity contribution in [3.63, 3.8) is 0 Å². The summed E-state index contributed by atoms with van der Waals surface area (Å²) in [5, 5.41) is 4.80. The van der Waals surface area contributed by atoms with E-state index in [0.29, 0.717) is 16.5 Å². The van der Waals surface area contributed by atoms with E-state index in [1.54, 1.807) is 0 Å². The summed E-state index contributed by atoms with van der Waals surface area (Å²) in [6.07, 6.45) is 0. The van der Waals surface area contributed by atoms with Crippen LogP contribution < -0.4 is 4.90 Å². The number of nitrogens with zero attached hydrogens (tertiary/aromatic N) is 4. The Labute approximate surface area is 173 Å². The Kier molecular flexibility index (Phi) is 5.50. The third-order valence-electron chi connectivity index (χ3n) is 4.70. The second-order valence-corrected chi connectivity index (χ2v) is 7.70. The Morgan fingerprint density at radius 3 is 2.37 bits per heavy atom. The number of halogens is 2. The highest BCUT2D eigenvalue weighted by molar-refractivity contribution is 7.71. The number of hydrogen-bond acceptors (Lipinski definition) is 4. The van der Waals surface area contributed by atoms with Gasteiger partial charge in [0.2, 0.25) is 4.77 Å². The quantitative estimate of drug-likeness (QED) is 0.622. The van der Waals surface area contributed by atoms with Gasteiger partial charge in [-0.25, -0.2) is 4.68 Å². The minimum Gasteiger partial charge on any atom is -0.368 e. The predicted octanol–water partition coefficient (Wildman–Crippen LogP) is 4.69. The van der Waals surface area contributed by atoms with E-state index in [1.165, 1.54) is 0 Å². The molecule has 1 fully saturated rings. The minimum absolute atomic E-state index is 0.550. The molecule has 27 heavy (non-hydrogen) atoms. The molecule has 0 saturated carbocycles. The highest BCUT2D eigenvalue weighted by Crippen LogP contribution is 2.26. The van der Waals surface area contributed by atoms with Crippen LogP contribution in [0.3, 0.4) is 0 Å². The third-order valence-corrected chi connectivity index (χ3v) is 5.59. The molecule has 2 aromatic carbocycles. The molecule has 0 unspecified atom stereocenters. The summed E-state index contributed by atoms with van der Waals surface area (Å²) in [6, 6.07) is 15.6. The van der Waals surface area contributed by atoms with Crippen LogP contribution in [0.25, 0.3) is 11.4 Å². The molecule has 1 aliphatic heterocycles. The monoisotopic (exact) mass is 419 g/mol. The van der Waals surface area contributed by atoms with Crippen LogP contribution in [0.15, 0.2) is 48.5 Å². The zero-order chi connectivity index (χ0) is 18.8. The van der Waals surface area contributed by atoms with Crippen molar-refractivity contribution < 1.29 is 0 Å². The summed E-state index contributed by atoms with van der Waals surface area (Å²) < 4.78 is 2.46. The molecular formula is C19H19Cl2N5S. The normalized spacial score (nSPS) is 15.3. The molecule has 0 bridgehead atoms. The number of hydrogen-bond donors (Lipinski definition) is 1. The highest BCUT2D eigenvalue weighted by Gasteiger charge is 2.19. The molecule has 2 heterocycles. The number of aromatic amines is 1. The van der Waals surface area contributed by atoms with Crippen LogP contribution in [0.5, 0.6) is 0 Å². The summed E-state index contributed by atoms with van der Waals surface area (Å²) >= 11 is 17.7. The van der Waals surface area contributed by atoms with Gasteiger partial charge in [-0.2, -0.15) is 4.98 Å². The van der Waals surface area contributed by atoms with Crippen LogP contribution in [-0.4, -0.2) is 45.8 Å². The van der Waals surface area contributed by atoms with Crippen LogP contribution in [0.2, 0.25) is 10.0 Å². The van der Waals surface area contributed by atoms with E-state index in [0.717, 1.165) is 48.3 Å². The van der Waals surface area contributed by atoms with Gasteiger partial charge in [0, 0.05) is 36.8 Å². The van der Waals surface area contributed by atoms with Gasteiger partial charge in [-0.1, -0.05) is 35.3 Å². The van der Waals surface area contributed by atoms with E-state index in [2.05, 4.69) is 25.9 Å². The predicted molar refractivity (Wildman–Crippen MR) is 113 cm³/mol. The van der Waals surface area contributed by atoms with Gasteiger partial charge in [0.15, 0.2) is 5.82 Å². The van der Waals surface area contributed by atoms with Gasteiger partial charge >= 0.3 is 0 Å². The Morgan fingerprint density at radius 2 is 1.67 bits per heavy atom. The molecule has 0 atom stereocenters. The zero-order valence-electron chi connectivity index (χ0n) is 14.6. The molecule has 4 rings (SSSR count). The van der Waals surface area contributed by atoms with Crippen molar-refractivity contribution in [3.8, 4) is 11.4 Å². The number of H-pyrrole nitrogens is 1. The molecule has 0 aliphatic carbocycles. The van der Waals surface area contributed by atoms with Gasteiger partial charge in [0.25, 0.3) is 0 Å². The number of para-hydroxylation sites is 1. The molecule has 1 aromatic heterocycles. The molecule has 0 spiro atoms. The van der Waals surface area contributed by atoms with E-state index in [9.17, 15) is 0 Å². The maximum atomic E-state index is 6.32. The maximum absolute atomic E-state index is 6.32. The summed E-state index contributed by atoms with van der Waals surface area (Å²) in [5.74, 6) is 0.756. The number of nitrogens with one attached hydrogen (secondary N) is 1. The van der Waals surface area contributed by atoms with Crippen molar-refractivity contribution in [2.24, 2.45) is 0 Å². The van der Waals surface area contributed by atoms with Crippen molar-refractivity contribution in [1.29, 1.82) is 0 Å². The Morgan fingerprint density at radius 1 is 0.963 bits per heavy atom. The van der Waals surface area contributed by atoms with E-state index in [1.807, 2.05) is 47.1 Å². The Balaban J connectivity index is 1.41. The van der Waals surface area contributed by atoms with Gasteiger partial charge < -0.3 is 4.90 Å². The van der Waals surface area contributed by atoms with Crippen molar-refractivity contribution in [2.45, 2.75) is 6.67 Å². The van der Waals surface area contributed by atoms with E-state index in [-0.39, 0.29) is 0 Å². The van der Waals surface area contributed by atoms with Crippen LogP contribution in [0, 0.1) is 4.77 Å². The van der Waals surface area contributed by atoms with E-state index in [4.69, 9.17) is 35.4 Å². The van der Waals surface area contributed by atoms with Crippen LogP contribution >= 0.6 is 35.4 Å². The lowest BCUT2D eigenvalue weighted by atomic mass is 10.2. The molecule has 0 radical (unpaired) electrons. The summed E-state index contributed by atoms with van der Waals surface area (Å²) in [6.45, 7) is 4.41. The van der Waals surface area contributed by atoms with Crippen molar-refractivity contribution >= 4 is 41.1 Å². The minimum atomic E-state index is 0.550. The first-order valence-electron chi connectivity index (χ1n) is 8.75. The first-order valence-corrected chi connectivity index (χ1v) is 9.91. The molecule has 1 aliphatic rings. The summed E-state index contributed by atoms with van der Waals surface area (Å²) in [5.41, 5.74) is 2.06. The number of aromatic nitrogens is 3. The van der Waals surface area contributed by atoms with Crippen molar-refractivity contribution in [1.82, 2.24) is 19.7 Å². The van der Waals surface area contributed by atoms with Crippen molar-refractivity contribution in [2.75, 3.05) is 31.1 Å². The SMILES string of the molecule is S=c1nc(-c2ccc(Cl)cc2)[nH]n1CN1CCN(c2ccccc2Cl)CC1. The average Bonchev–Trinajstić information content (AvgIpc) is 3.04. The Bertz CT molecular complexity index is 974. The second kappa shape index (κ2) is 8.02. The summed E-state index contributed by atoms with van der Waals surface area (Å²) in [4.78, 5) is 9.15. The highest BCUT2D eigenvalue weighted by atomic mass is 35.5.